The maximum Gasteiger partial charge on any atom is 0.355 e. The summed E-state index contributed by atoms with van der Waals surface area (Å²) in [6.07, 6.45) is 2.88. The molecule has 0 saturated carbocycles. The fourth-order valence-corrected chi connectivity index (χ4v) is 5.46. The van der Waals surface area contributed by atoms with Crippen LogP contribution in [0.1, 0.15) is 32.9 Å². The van der Waals surface area contributed by atoms with Crippen molar-refractivity contribution < 1.29 is 23.1 Å². The third kappa shape index (κ3) is 6.15. The van der Waals surface area contributed by atoms with Crippen molar-refractivity contribution in [1.29, 1.82) is 0 Å². The number of carboxylic acid groups (broad SMARTS) is 1. The summed E-state index contributed by atoms with van der Waals surface area (Å²) < 4.78 is 47.3. The maximum absolute atomic E-state index is 14.9. The predicted molar refractivity (Wildman–Crippen MR) is 167 cm³/mol. The van der Waals surface area contributed by atoms with E-state index in [9.17, 15) is 32.7 Å². The number of nitrogens with zero attached hydrogens (tertiary/aromatic N) is 8. The standard InChI is InChI=1S/C30H24ClF3N10O4/c1-41-12-19-18(9-35)26(20(31)7-24(19)40-41)38-28-39-29(47)43(30(48)42(28)11-17-6-22(33)23(34)8-21(17)32)13-25-36-14-37-44(25)10-15-3-2-4-16(5-15)27(45)46/h2-8,12,14H,9-11,13,35H2,1H3,(H,45,46)(H,38,39,47). The molecule has 48 heavy (non-hydrogen) atoms. The Hall–Kier alpha value is -5.81. The van der Waals surface area contributed by atoms with Crippen LogP contribution >= 0.6 is 11.6 Å². The number of hydrogen-bond donors (Lipinski definition) is 3. The average molecular weight is 681 g/mol. The number of rotatable bonds is 10. The summed E-state index contributed by atoms with van der Waals surface area (Å²) in [4.78, 5) is 47.0. The van der Waals surface area contributed by atoms with Gasteiger partial charge in [-0.05, 0) is 29.8 Å². The monoisotopic (exact) mass is 680 g/mol. The molecular formula is C30H24ClF3N10O4. The third-order valence-electron chi connectivity index (χ3n) is 7.50. The van der Waals surface area contributed by atoms with E-state index in [1.54, 1.807) is 30.1 Å². The first-order chi connectivity index (χ1) is 22.9. The van der Waals surface area contributed by atoms with Gasteiger partial charge in [0.2, 0.25) is 5.95 Å². The molecule has 246 valence electrons. The number of aryl methyl sites for hydroxylation is 1. The van der Waals surface area contributed by atoms with Crippen LogP contribution in [0, 0.1) is 17.5 Å². The van der Waals surface area contributed by atoms with Crippen molar-refractivity contribution in [3.63, 3.8) is 0 Å². The van der Waals surface area contributed by atoms with Crippen molar-refractivity contribution in [3.8, 4) is 0 Å². The number of hydrogen-bond acceptors (Lipinski definition) is 9. The summed E-state index contributed by atoms with van der Waals surface area (Å²) >= 11 is 6.57. The highest BCUT2D eigenvalue weighted by atomic mass is 35.5. The second-order valence-electron chi connectivity index (χ2n) is 10.6. The summed E-state index contributed by atoms with van der Waals surface area (Å²) in [6, 6.07) is 8.56. The van der Waals surface area contributed by atoms with E-state index in [2.05, 4.69) is 25.5 Å². The highest BCUT2D eigenvalue weighted by Crippen LogP contribution is 2.34. The van der Waals surface area contributed by atoms with Gasteiger partial charge in [-0.15, -0.1) is 0 Å². The molecule has 6 aromatic rings. The van der Waals surface area contributed by atoms with Crippen LogP contribution in [0.3, 0.4) is 0 Å². The van der Waals surface area contributed by atoms with E-state index in [0.29, 0.717) is 38.7 Å². The molecule has 0 radical (unpaired) electrons. The smallest absolute Gasteiger partial charge is 0.355 e. The molecule has 0 bridgehead atoms. The fourth-order valence-electron chi connectivity index (χ4n) is 5.19. The van der Waals surface area contributed by atoms with E-state index in [-0.39, 0.29) is 35.2 Å². The Labute approximate surface area is 272 Å². The minimum atomic E-state index is -1.43. The Bertz CT molecular complexity index is 2350. The number of benzene rings is 3. The van der Waals surface area contributed by atoms with Crippen LogP contribution in [0.4, 0.5) is 24.8 Å². The molecule has 3 aromatic carbocycles. The van der Waals surface area contributed by atoms with E-state index in [1.165, 1.54) is 29.2 Å². The number of carbonyl (C=O) groups is 1. The topological polar surface area (TPSA) is 181 Å². The third-order valence-corrected chi connectivity index (χ3v) is 7.79. The van der Waals surface area contributed by atoms with E-state index in [4.69, 9.17) is 17.3 Å². The van der Waals surface area contributed by atoms with E-state index >= 15 is 0 Å². The average Bonchev–Trinajstić information content (AvgIpc) is 3.64. The summed E-state index contributed by atoms with van der Waals surface area (Å²) in [5.41, 5.74) is 5.35. The van der Waals surface area contributed by atoms with Crippen molar-refractivity contribution in [1.82, 2.24) is 38.7 Å². The number of fused-ring (bicyclic) bond motifs is 1. The van der Waals surface area contributed by atoms with Gasteiger partial charge in [0.15, 0.2) is 11.6 Å². The van der Waals surface area contributed by atoms with Gasteiger partial charge >= 0.3 is 17.3 Å². The Balaban J connectivity index is 1.45. The number of nitrogens with one attached hydrogen (secondary N) is 1. The normalized spacial score (nSPS) is 11.4. The van der Waals surface area contributed by atoms with Crippen LogP contribution in [-0.2, 0) is 33.2 Å². The SMILES string of the molecule is Cn1cc2c(CN)c(Nc3nc(=O)n(Cc4ncnn4Cc4cccc(C(=O)O)c4)c(=O)n3Cc3cc(F)c(F)cc3F)c(Cl)cc2n1. The maximum atomic E-state index is 14.9. The molecule has 0 unspecified atom stereocenters. The van der Waals surface area contributed by atoms with E-state index in [0.717, 1.165) is 4.57 Å². The van der Waals surface area contributed by atoms with Crippen LogP contribution < -0.4 is 22.4 Å². The molecule has 0 atom stereocenters. The van der Waals surface area contributed by atoms with Crippen LogP contribution in [0.5, 0.6) is 0 Å². The minimum absolute atomic E-state index is 0.0454. The Morgan fingerprint density at radius 3 is 2.54 bits per heavy atom. The van der Waals surface area contributed by atoms with Crippen LogP contribution in [0.2, 0.25) is 5.02 Å². The molecule has 0 fully saturated rings. The summed E-state index contributed by atoms with van der Waals surface area (Å²) in [5.74, 6) is -5.32. The van der Waals surface area contributed by atoms with Crippen molar-refractivity contribution in [3.05, 3.63) is 127 Å². The first kappa shape index (κ1) is 32.1. The minimum Gasteiger partial charge on any atom is -0.478 e. The molecule has 0 aliphatic heterocycles. The number of anilines is 2. The van der Waals surface area contributed by atoms with Gasteiger partial charge in [0, 0.05) is 42.4 Å². The molecule has 3 heterocycles. The molecule has 6 rings (SSSR count). The molecule has 0 saturated heterocycles. The van der Waals surface area contributed by atoms with Gasteiger partial charge in [0.1, 0.15) is 18.0 Å². The van der Waals surface area contributed by atoms with Gasteiger partial charge in [-0.3, -0.25) is 9.25 Å². The predicted octanol–water partition coefficient (Wildman–Crippen LogP) is 3.00. The highest BCUT2D eigenvalue weighted by molar-refractivity contribution is 6.34. The largest absolute Gasteiger partial charge is 0.478 e. The summed E-state index contributed by atoms with van der Waals surface area (Å²) in [5, 5.41) is 21.4. The second-order valence-corrected chi connectivity index (χ2v) is 11.1. The Morgan fingerprint density at radius 1 is 1.02 bits per heavy atom. The Morgan fingerprint density at radius 2 is 1.79 bits per heavy atom. The zero-order chi connectivity index (χ0) is 34.3. The number of nitrogens with two attached hydrogens (primary N) is 1. The molecule has 0 spiro atoms. The Kier molecular flexibility index (Phi) is 8.55. The first-order valence-corrected chi connectivity index (χ1v) is 14.5. The number of halogens is 4. The molecule has 4 N–H and O–H groups in total. The molecule has 0 aliphatic carbocycles. The van der Waals surface area contributed by atoms with Gasteiger partial charge in [-0.1, -0.05) is 23.7 Å². The van der Waals surface area contributed by atoms with E-state index < -0.39 is 59.4 Å². The van der Waals surface area contributed by atoms with Crippen LogP contribution in [0.15, 0.2) is 64.6 Å². The summed E-state index contributed by atoms with van der Waals surface area (Å²) in [7, 11) is 1.70. The van der Waals surface area contributed by atoms with Gasteiger partial charge in [0.05, 0.1) is 41.4 Å². The summed E-state index contributed by atoms with van der Waals surface area (Å²) in [6.45, 7) is -1.14. The van der Waals surface area contributed by atoms with Crippen LogP contribution in [0.25, 0.3) is 10.9 Å². The van der Waals surface area contributed by atoms with Crippen molar-refractivity contribution >= 4 is 40.1 Å². The lowest BCUT2D eigenvalue weighted by atomic mass is 10.1. The molecule has 0 amide bonds. The second kappa shape index (κ2) is 12.8. The van der Waals surface area contributed by atoms with E-state index in [1.807, 2.05) is 0 Å². The highest BCUT2D eigenvalue weighted by Gasteiger charge is 2.22. The molecule has 14 nitrogen and oxygen atoms in total. The molecule has 18 heteroatoms. The van der Waals surface area contributed by atoms with Crippen molar-refractivity contribution in [2.75, 3.05) is 5.32 Å². The lowest BCUT2D eigenvalue weighted by Gasteiger charge is -2.18. The zero-order valence-electron chi connectivity index (χ0n) is 24.9. The lowest BCUT2D eigenvalue weighted by Crippen LogP contribution is -2.43. The van der Waals surface area contributed by atoms with Crippen LogP contribution in [-0.4, -0.2) is 49.7 Å². The molecule has 3 aromatic heterocycles. The molecular weight excluding hydrogens is 657 g/mol. The van der Waals surface area contributed by atoms with Gasteiger partial charge in [0.25, 0.3) is 0 Å². The van der Waals surface area contributed by atoms with Crippen molar-refractivity contribution in [2.24, 2.45) is 12.8 Å². The first-order valence-electron chi connectivity index (χ1n) is 14.1. The lowest BCUT2D eigenvalue weighted by molar-refractivity contribution is 0.0696. The fraction of sp³-hybridized carbons (Fsp3) is 0.167. The van der Waals surface area contributed by atoms with Crippen molar-refractivity contribution in [2.45, 2.75) is 26.2 Å². The van der Waals surface area contributed by atoms with Gasteiger partial charge < -0.3 is 16.2 Å². The number of aromatic carboxylic acids is 1. The molecule has 0 aliphatic rings. The number of carboxylic acids is 1. The van der Waals surface area contributed by atoms with Gasteiger partial charge in [-0.2, -0.15) is 15.2 Å². The zero-order valence-corrected chi connectivity index (χ0v) is 25.6. The number of aromatic nitrogens is 8. The van der Waals surface area contributed by atoms with Gasteiger partial charge in [-0.25, -0.2) is 41.8 Å². The quantitative estimate of drug-likeness (QED) is 0.182.